The molecule has 0 spiro atoms. The molecule has 0 bridgehead atoms. The van der Waals surface area contributed by atoms with Crippen molar-refractivity contribution in [2.45, 2.75) is 12.3 Å². The Morgan fingerprint density at radius 3 is 2.72 bits per heavy atom. The summed E-state index contributed by atoms with van der Waals surface area (Å²) in [5.41, 5.74) is 7.60. The molecule has 6 heteroatoms. The van der Waals surface area contributed by atoms with E-state index < -0.39 is 10.2 Å². The predicted molar refractivity (Wildman–Crippen MR) is 72.4 cm³/mol. The lowest BCUT2D eigenvalue weighted by Crippen LogP contribution is -2.38. The van der Waals surface area contributed by atoms with E-state index in [0.717, 1.165) is 17.7 Å². The van der Waals surface area contributed by atoms with Crippen molar-refractivity contribution in [2.24, 2.45) is 0 Å². The molecule has 1 atom stereocenters. The largest absolute Gasteiger partial charge is 0.399 e. The van der Waals surface area contributed by atoms with E-state index in [9.17, 15) is 8.42 Å². The van der Waals surface area contributed by atoms with Gasteiger partial charge in [-0.3, -0.25) is 0 Å². The van der Waals surface area contributed by atoms with E-state index in [1.54, 1.807) is 14.1 Å². The summed E-state index contributed by atoms with van der Waals surface area (Å²) in [6.07, 6.45) is 0.844. The number of anilines is 1. The van der Waals surface area contributed by atoms with Crippen LogP contribution in [0.5, 0.6) is 0 Å². The molecule has 1 saturated heterocycles. The first-order valence-electron chi connectivity index (χ1n) is 5.94. The Morgan fingerprint density at radius 1 is 1.39 bits per heavy atom. The van der Waals surface area contributed by atoms with Crippen LogP contribution >= 0.6 is 0 Å². The summed E-state index contributed by atoms with van der Waals surface area (Å²) >= 11 is 0. The fourth-order valence-corrected chi connectivity index (χ4v) is 3.42. The average molecular weight is 269 g/mol. The maximum atomic E-state index is 12.0. The van der Waals surface area contributed by atoms with Crippen LogP contribution in [0.25, 0.3) is 0 Å². The molecule has 0 aromatic heterocycles. The zero-order chi connectivity index (χ0) is 13.3. The monoisotopic (exact) mass is 269 g/mol. The van der Waals surface area contributed by atoms with Gasteiger partial charge in [0.05, 0.1) is 0 Å². The number of rotatable bonds is 3. The smallest absolute Gasteiger partial charge is 0.281 e. The Balaban J connectivity index is 2.14. The molecule has 100 valence electrons. The fourth-order valence-electron chi connectivity index (χ4n) is 2.25. The molecule has 1 heterocycles. The van der Waals surface area contributed by atoms with Crippen molar-refractivity contribution < 1.29 is 8.42 Å². The molecule has 0 amide bonds. The minimum atomic E-state index is -3.29. The molecule has 0 aliphatic carbocycles. The molecule has 5 nitrogen and oxygen atoms in total. The van der Waals surface area contributed by atoms with Crippen LogP contribution in [0.1, 0.15) is 17.9 Å². The van der Waals surface area contributed by atoms with Gasteiger partial charge in [-0.25, -0.2) is 0 Å². The summed E-state index contributed by atoms with van der Waals surface area (Å²) < 4.78 is 26.8. The summed E-state index contributed by atoms with van der Waals surface area (Å²) in [6.45, 7) is 1.10. The Labute approximate surface area is 108 Å². The van der Waals surface area contributed by atoms with E-state index in [2.05, 4.69) is 0 Å². The third-order valence-electron chi connectivity index (χ3n) is 3.32. The molecule has 0 radical (unpaired) electrons. The summed E-state index contributed by atoms with van der Waals surface area (Å²) in [5.74, 6) is 0.239. The van der Waals surface area contributed by atoms with E-state index in [1.807, 2.05) is 24.3 Å². The third-order valence-corrected chi connectivity index (χ3v) is 5.23. The SMILES string of the molecule is CN(C)S(=O)(=O)N1CCC(c2cccc(N)c2)C1. The van der Waals surface area contributed by atoms with E-state index in [4.69, 9.17) is 5.73 Å². The van der Waals surface area contributed by atoms with Crippen LogP contribution in [-0.4, -0.2) is 44.2 Å². The van der Waals surface area contributed by atoms with Gasteiger partial charge in [0, 0.05) is 32.9 Å². The molecule has 1 aromatic carbocycles. The van der Waals surface area contributed by atoms with Crippen molar-refractivity contribution in [1.82, 2.24) is 8.61 Å². The second-order valence-electron chi connectivity index (χ2n) is 4.80. The summed E-state index contributed by atoms with van der Waals surface area (Å²) in [6, 6.07) is 7.68. The van der Waals surface area contributed by atoms with Crippen molar-refractivity contribution in [2.75, 3.05) is 32.9 Å². The molecule has 1 aliphatic rings. The second kappa shape index (κ2) is 4.87. The van der Waals surface area contributed by atoms with Gasteiger partial charge in [0.15, 0.2) is 0 Å². The summed E-state index contributed by atoms with van der Waals surface area (Å²) in [5, 5.41) is 0. The summed E-state index contributed by atoms with van der Waals surface area (Å²) in [4.78, 5) is 0. The van der Waals surface area contributed by atoms with E-state index >= 15 is 0 Å². The first-order chi connectivity index (χ1) is 8.41. The highest BCUT2D eigenvalue weighted by Gasteiger charge is 2.33. The molecular weight excluding hydrogens is 250 g/mol. The van der Waals surface area contributed by atoms with Crippen molar-refractivity contribution in [1.29, 1.82) is 0 Å². The molecule has 2 rings (SSSR count). The third kappa shape index (κ3) is 2.50. The molecule has 1 aliphatic heterocycles. The molecule has 1 unspecified atom stereocenters. The zero-order valence-electron chi connectivity index (χ0n) is 10.7. The zero-order valence-corrected chi connectivity index (χ0v) is 11.5. The number of benzene rings is 1. The van der Waals surface area contributed by atoms with Gasteiger partial charge in [0.2, 0.25) is 0 Å². The Hall–Kier alpha value is -1.11. The van der Waals surface area contributed by atoms with E-state index in [0.29, 0.717) is 13.1 Å². The highest BCUT2D eigenvalue weighted by Crippen LogP contribution is 2.30. The van der Waals surface area contributed by atoms with Gasteiger partial charge in [-0.1, -0.05) is 12.1 Å². The summed E-state index contributed by atoms with van der Waals surface area (Å²) in [7, 11) is -0.175. The minimum Gasteiger partial charge on any atom is -0.399 e. The normalized spacial score (nSPS) is 21.6. The van der Waals surface area contributed by atoms with Crippen molar-refractivity contribution in [3.63, 3.8) is 0 Å². The van der Waals surface area contributed by atoms with Crippen LogP contribution in [0.2, 0.25) is 0 Å². The molecular formula is C12H19N3O2S. The highest BCUT2D eigenvalue weighted by molar-refractivity contribution is 7.86. The van der Waals surface area contributed by atoms with Crippen molar-refractivity contribution in [3.05, 3.63) is 29.8 Å². The lowest BCUT2D eigenvalue weighted by atomic mass is 9.98. The van der Waals surface area contributed by atoms with Gasteiger partial charge in [-0.05, 0) is 30.0 Å². The maximum absolute atomic E-state index is 12.0. The average Bonchev–Trinajstić information content (AvgIpc) is 2.78. The van der Waals surface area contributed by atoms with Gasteiger partial charge in [0.1, 0.15) is 0 Å². The quantitative estimate of drug-likeness (QED) is 0.828. The molecule has 1 fully saturated rings. The van der Waals surface area contributed by atoms with E-state index in [-0.39, 0.29) is 5.92 Å². The predicted octanol–water partition coefficient (Wildman–Crippen LogP) is 0.865. The van der Waals surface area contributed by atoms with Crippen LogP contribution in [0.4, 0.5) is 5.69 Å². The number of nitrogen functional groups attached to an aromatic ring is 1. The number of nitrogens with zero attached hydrogens (tertiary/aromatic N) is 2. The number of nitrogens with two attached hydrogens (primary N) is 1. The van der Waals surface area contributed by atoms with Crippen molar-refractivity contribution in [3.8, 4) is 0 Å². The second-order valence-corrected chi connectivity index (χ2v) is 6.95. The first-order valence-corrected chi connectivity index (χ1v) is 7.34. The molecule has 1 aromatic rings. The van der Waals surface area contributed by atoms with Crippen LogP contribution < -0.4 is 5.73 Å². The van der Waals surface area contributed by atoms with Crippen LogP contribution in [0, 0.1) is 0 Å². The van der Waals surface area contributed by atoms with Gasteiger partial charge in [-0.15, -0.1) is 0 Å². The maximum Gasteiger partial charge on any atom is 0.281 e. The van der Waals surface area contributed by atoms with Crippen LogP contribution in [0.3, 0.4) is 0 Å². The Kier molecular flexibility index (Phi) is 3.61. The van der Waals surface area contributed by atoms with Crippen LogP contribution in [0.15, 0.2) is 24.3 Å². The molecule has 18 heavy (non-hydrogen) atoms. The van der Waals surface area contributed by atoms with Gasteiger partial charge in [-0.2, -0.15) is 17.0 Å². The molecule has 0 saturated carbocycles. The highest BCUT2D eigenvalue weighted by atomic mass is 32.2. The Morgan fingerprint density at radius 2 is 2.11 bits per heavy atom. The van der Waals surface area contributed by atoms with Gasteiger partial charge < -0.3 is 5.73 Å². The molecule has 2 N–H and O–H groups in total. The topological polar surface area (TPSA) is 66.6 Å². The Bertz CT molecular complexity index is 528. The van der Waals surface area contributed by atoms with Gasteiger partial charge >= 0.3 is 0 Å². The standard InChI is InChI=1S/C12H19N3O2S/c1-14(2)18(16,17)15-7-6-11(9-15)10-4-3-5-12(13)8-10/h3-5,8,11H,6-7,9,13H2,1-2H3. The number of hydrogen-bond acceptors (Lipinski definition) is 3. The fraction of sp³-hybridized carbons (Fsp3) is 0.500. The number of hydrogen-bond donors (Lipinski definition) is 1. The van der Waals surface area contributed by atoms with E-state index in [1.165, 1.54) is 8.61 Å². The van der Waals surface area contributed by atoms with Crippen LogP contribution in [-0.2, 0) is 10.2 Å². The minimum absolute atomic E-state index is 0.239. The lowest BCUT2D eigenvalue weighted by Gasteiger charge is -2.21. The van der Waals surface area contributed by atoms with Crippen molar-refractivity contribution >= 4 is 15.9 Å². The lowest BCUT2D eigenvalue weighted by molar-refractivity contribution is 0.419. The van der Waals surface area contributed by atoms with Gasteiger partial charge in [0.25, 0.3) is 10.2 Å². The first kappa shape index (κ1) is 13.3.